The number of amides is 4. The van der Waals surface area contributed by atoms with Crippen molar-refractivity contribution >= 4 is 87.6 Å². The number of rotatable bonds is 6. The first-order chi connectivity index (χ1) is 17.6. The molecular formula is C25H15Cl5N2O5. The molecule has 12 heteroatoms. The summed E-state index contributed by atoms with van der Waals surface area (Å²) in [6.45, 7) is 0.120. The van der Waals surface area contributed by atoms with E-state index in [1.54, 1.807) is 18.2 Å². The standard InChI is InChI=1S/C25H15Cl5N2O5/c1-36-21-9-13(8-20(30)22(21)37-11-12-2-4-16(26)18(28)7-12)6-15-23(33)31-25(35)32(24(15)34)14-3-5-17(27)19(29)10-14/h2-10H,11H2,1H3,(H,31,33,35)/b15-6+. The Labute approximate surface area is 236 Å². The fraction of sp³-hybridized carbons (Fsp3) is 0.0800. The summed E-state index contributed by atoms with van der Waals surface area (Å²) < 4.78 is 11.2. The molecule has 3 aromatic carbocycles. The fourth-order valence-corrected chi connectivity index (χ4v) is 4.32. The summed E-state index contributed by atoms with van der Waals surface area (Å²) in [5.41, 5.74) is 0.922. The lowest BCUT2D eigenvalue weighted by Crippen LogP contribution is -2.54. The number of barbiturate groups is 1. The van der Waals surface area contributed by atoms with Crippen molar-refractivity contribution in [3.63, 3.8) is 0 Å². The number of urea groups is 1. The molecule has 190 valence electrons. The number of carbonyl (C=O) groups is 3. The molecular weight excluding hydrogens is 586 g/mol. The van der Waals surface area contributed by atoms with Gasteiger partial charge in [-0.2, -0.15) is 0 Å². The van der Waals surface area contributed by atoms with Gasteiger partial charge in [-0.05, 0) is 59.7 Å². The molecule has 0 radical (unpaired) electrons. The zero-order valence-electron chi connectivity index (χ0n) is 18.8. The Morgan fingerprint density at radius 2 is 1.51 bits per heavy atom. The molecule has 1 saturated heterocycles. The third-order valence-corrected chi connectivity index (χ3v) is 6.95. The van der Waals surface area contributed by atoms with Crippen molar-refractivity contribution in [1.29, 1.82) is 0 Å². The summed E-state index contributed by atoms with van der Waals surface area (Å²) in [6.07, 6.45) is 1.28. The van der Waals surface area contributed by atoms with Gasteiger partial charge in [0.15, 0.2) is 11.5 Å². The predicted molar refractivity (Wildman–Crippen MR) is 144 cm³/mol. The van der Waals surface area contributed by atoms with Gasteiger partial charge in [0.05, 0.1) is 37.9 Å². The van der Waals surface area contributed by atoms with Gasteiger partial charge < -0.3 is 9.47 Å². The van der Waals surface area contributed by atoms with Crippen LogP contribution in [0.1, 0.15) is 11.1 Å². The Bertz CT molecular complexity index is 1470. The van der Waals surface area contributed by atoms with Crippen LogP contribution in [0.5, 0.6) is 11.5 Å². The maximum absolute atomic E-state index is 13.2. The lowest BCUT2D eigenvalue weighted by Gasteiger charge is -2.26. The quantitative estimate of drug-likeness (QED) is 0.239. The monoisotopic (exact) mass is 598 g/mol. The summed E-state index contributed by atoms with van der Waals surface area (Å²) in [6, 6.07) is 11.4. The average molecular weight is 601 g/mol. The maximum Gasteiger partial charge on any atom is 0.335 e. The molecule has 3 aromatic rings. The van der Waals surface area contributed by atoms with Gasteiger partial charge in [-0.3, -0.25) is 14.9 Å². The zero-order chi connectivity index (χ0) is 26.9. The summed E-state index contributed by atoms with van der Waals surface area (Å²) in [4.78, 5) is 38.9. The zero-order valence-corrected chi connectivity index (χ0v) is 22.6. The molecule has 0 spiro atoms. The van der Waals surface area contributed by atoms with E-state index in [0.717, 1.165) is 10.5 Å². The lowest BCUT2D eigenvalue weighted by atomic mass is 10.1. The van der Waals surface area contributed by atoms with E-state index in [1.807, 2.05) is 0 Å². The van der Waals surface area contributed by atoms with Crippen LogP contribution in [0.3, 0.4) is 0 Å². The van der Waals surface area contributed by atoms with Gasteiger partial charge in [0.25, 0.3) is 11.8 Å². The van der Waals surface area contributed by atoms with E-state index in [-0.39, 0.29) is 44.4 Å². The Morgan fingerprint density at radius 3 is 2.16 bits per heavy atom. The number of halogens is 5. The van der Waals surface area contributed by atoms with Gasteiger partial charge in [0, 0.05) is 0 Å². The van der Waals surface area contributed by atoms with E-state index in [2.05, 4.69) is 5.32 Å². The van der Waals surface area contributed by atoms with E-state index >= 15 is 0 Å². The topological polar surface area (TPSA) is 84.9 Å². The average Bonchev–Trinajstić information content (AvgIpc) is 2.85. The molecule has 37 heavy (non-hydrogen) atoms. The lowest BCUT2D eigenvalue weighted by molar-refractivity contribution is -0.122. The number of carbonyl (C=O) groups excluding carboxylic acids is 3. The van der Waals surface area contributed by atoms with Crippen molar-refractivity contribution < 1.29 is 23.9 Å². The van der Waals surface area contributed by atoms with Crippen LogP contribution in [0.15, 0.2) is 54.1 Å². The molecule has 1 aliphatic rings. The number of hydrogen-bond acceptors (Lipinski definition) is 5. The predicted octanol–water partition coefficient (Wildman–Crippen LogP) is 7.21. The Kier molecular flexibility index (Phi) is 8.21. The van der Waals surface area contributed by atoms with Crippen molar-refractivity contribution in [2.24, 2.45) is 0 Å². The Hall–Kier alpha value is -2.94. The highest BCUT2D eigenvalue weighted by molar-refractivity contribution is 6.43. The van der Waals surface area contributed by atoms with E-state index < -0.39 is 17.8 Å². The van der Waals surface area contributed by atoms with Gasteiger partial charge in [0.1, 0.15) is 12.2 Å². The van der Waals surface area contributed by atoms with Crippen LogP contribution in [-0.4, -0.2) is 25.0 Å². The minimum atomic E-state index is -0.924. The first-order valence-electron chi connectivity index (χ1n) is 10.4. The van der Waals surface area contributed by atoms with E-state index in [9.17, 15) is 14.4 Å². The largest absolute Gasteiger partial charge is 0.493 e. The van der Waals surface area contributed by atoms with Crippen LogP contribution in [0.25, 0.3) is 6.08 Å². The van der Waals surface area contributed by atoms with Crippen molar-refractivity contribution in [1.82, 2.24) is 5.32 Å². The highest BCUT2D eigenvalue weighted by atomic mass is 35.5. The molecule has 1 heterocycles. The van der Waals surface area contributed by atoms with E-state index in [1.165, 1.54) is 43.5 Å². The summed E-state index contributed by atoms with van der Waals surface area (Å²) in [5.74, 6) is -1.24. The minimum Gasteiger partial charge on any atom is -0.493 e. The van der Waals surface area contributed by atoms with Gasteiger partial charge in [-0.25, -0.2) is 9.69 Å². The second-order valence-electron chi connectivity index (χ2n) is 7.63. The number of hydrogen-bond donors (Lipinski definition) is 1. The fourth-order valence-electron chi connectivity index (χ4n) is 3.43. The molecule has 0 unspecified atom stereocenters. The molecule has 0 bridgehead atoms. The number of methoxy groups -OCH3 is 1. The molecule has 0 aliphatic carbocycles. The molecule has 0 saturated carbocycles. The van der Waals surface area contributed by atoms with Gasteiger partial charge in [0.2, 0.25) is 0 Å². The second-order valence-corrected chi connectivity index (χ2v) is 9.66. The molecule has 4 amide bonds. The Balaban J connectivity index is 1.64. The number of nitrogens with zero attached hydrogens (tertiary/aromatic N) is 1. The summed E-state index contributed by atoms with van der Waals surface area (Å²) in [5, 5.41) is 3.47. The van der Waals surface area contributed by atoms with Crippen molar-refractivity contribution in [3.05, 3.63) is 90.3 Å². The van der Waals surface area contributed by atoms with Gasteiger partial charge in [-0.1, -0.05) is 64.1 Å². The first kappa shape index (κ1) is 27.1. The summed E-state index contributed by atoms with van der Waals surface area (Å²) in [7, 11) is 1.41. The third-order valence-electron chi connectivity index (χ3n) is 5.19. The normalized spacial score (nSPS) is 14.7. The number of imide groups is 2. The molecule has 4 rings (SSSR count). The molecule has 0 atom stereocenters. The Morgan fingerprint density at radius 1 is 0.838 bits per heavy atom. The molecule has 0 aromatic heterocycles. The number of nitrogens with one attached hydrogen (secondary N) is 1. The van der Waals surface area contributed by atoms with E-state index in [4.69, 9.17) is 67.5 Å². The highest BCUT2D eigenvalue weighted by Gasteiger charge is 2.37. The van der Waals surface area contributed by atoms with Crippen LogP contribution in [-0.2, 0) is 16.2 Å². The molecule has 1 aliphatic heterocycles. The van der Waals surface area contributed by atoms with Crippen LogP contribution in [0.4, 0.5) is 10.5 Å². The van der Waals surface area contributed by atoms with Crippen LogP contribution in [0.2, 0.25) is 25.1 Å². The third kappa shape index (κ3) is 5.81. The van der Waals surface area contributed by atoms with Gasteiger partial charge >= 0.3 is 6.03 Å². The van der Waals surface area contributed by atoms with E-state index in [0.29, 0.717) is 15.6 Å². The number of benzene rings is 3. The maximum atomic E-state index is 13.2. The van der Waals surface area contributed by atoms with Crippen molar-refractivity contribution in [3.8, 4) is 11.5 Å². The second kappa shape index (κ2) is 11.2. The minimum absolute atomic E-state index is 0.120. The molecule has 7 nitrogen and oxygen atoms in total. The SMILES string of the molecule is COc1cc(/C=C2\C(=O)NC(=O)N(c3ccc(Cl)c(Cl)c3)C2=O)cc(Cl)c1OCc1ccc(Cl)c(Cl)c1. The van der Waals surface area contributed by atoms with Crippen LogP contribution in [0, 0.1) is 0 Å². The van der Waals surface area contributed by atoms with Crippen molar-refractivity contribution in [2.45, 2.75) is 6.61 Å². The summed E-state index contributed by atoms with van der Waals surface area (Å²) >= 11 is 30.4. The number of anilines is 1. The smallest absolute Gasteiger partial charge is 0.335 e. The van der Waals surface area contributed by atoms with Crippen molar-refractivity contribution in [2.75, 3.05) is 12.0 Å². The number of ether oxygens (including phenoxy) is 2. The van der Waals surface area contributed by atoms with Crippen LogP contribution >= 0.6 is 58.0 Å². The molecule has 1 fully saturated rings. The molecule has 1 N–H and O–H groups in total. The van der Waals surface area contributed by atoms with Gasteiger partial charge in [-0.15, -0.1) is 0 Å². The highest BCUT2D eigenvalue weighted by Crippen LogP contribution is 2.38. The van der Waals surface area contributed by atoms with Crippen LogP contribution < -0.4 is 19.7 Å². The first-order valence-corrected chi connectivity index (χ1v) is 12.3.